The third-order valence-corrected chi connectivity index (χ3v) is 5.77. The second kappa shape index (κ2) is 8.23. The molecule has 0 unspecified atom stereocenters. The molecule has 0 fully saturated rings. The number of aromatic nitrogens is 5. The minimum absolute atomic E-state index is 0.0873. The van der Waals surface area contributed by atoms with Gasteiger partial charge in [-0.25, -0.2) is 9.50 Å². The molecule has 0 radical (unpaired) electrons. The van der Waals surface area contributed by atoms with Crippen molar-refractivity contribution in [1.29, 1.82) is 0 Å². The average molecular weight is 446 g/mol. The molecule has 0 aliphatic carbocycles. The monoisotopic (exact) mass is 446 g/mol. The minimum atomic E-state index is -0.292. The van der Waals surface area contributed by atoms with Crippen molar-refractivity contribution in [3.05, 3.63) is 70.0 Å². The smallest absolute Gasteiger partial charge is 0.270 e. The van der Waals surface area contributed by atoms with Gasteiger partial charge in [-0.15, -0.1) is 16.4 Å². The Hall–Kier alpha value is -4.05. The van der Waals surface area contributed by atoms with Gasteiger partial charge in [0.05, 0.1) is 23.8 Å². The Bertz CT molecular complexity index is 1500. The molecule has 32 heavy (non-hydrogen) atoms. The van der Waals surface area contributed by atoms with Crippen molar-refractivity contribution < 1.29 is 9.53 Å². The lowest BCUT2D eigenvalue weighted by Crippen LogP contribution is -2.19. The number of methoxy groups -OCH3 is 1. The summed E-state index contributed by atoms with van der Waals surface area (Å²) in [5.74, 6) is 0.666. The van der Waals surface area contributed by atoms with Gasteiger partial charge in [0.1, 0.15) is 11.4 Å². The third kappa shape index (κ3) is 3.83. The van der Waals surface area contributed by atoms with Gasteiger partial charge in [-0.2, -0.15) is 4.98 Å². The molecular weight excluding hydrogens is 428 g/mol. The van der Waals surface area contributed by atoms with E-state index < -0.39 is 0 Å². The van der Waals surface area contributed by atoms with Crippen molar-refractivity contribution in [1.82, 2.24) is 24.6 Å². The molecule has 0 spiro atoms. The fourth-order valence-corrected chi connectivity index (χ4v) is 4.20. The zero-order valence-electron chi connectivity index (χ0n) is 17.0. The predicted molar refractivity (Wildman–Crippen MR) is 122 cm³/mol. The summed E-state index contributed by atoms with van der Waals surface area (Å²) >= 11 is 1.43. The van der Waals surface area contributed by atoms with Gasteiger partial charge in [-0.05, 0) is 24.3 Å². The third-order valence-electron chi connectivity index (χ3n) is 4.96. The zero-order chi connectivity index (χ0) is 22.1. The van der Waals surface area contributed by atoms with Gasteiger partial charge in [-0.1, -0.05) is 24.3 Å². The summed E-state index contributed by atoms with van der Waals surface area (Å²) in [6.07, 6.45) is 0.299. The molecule has 3 heterocycles. The summed E-state index contributed by atoms with van der Waals surface area (Å²) in [5, 5.41) is 9.07. The number of aromatic amines is 1. The SMILES string of the molecule is COc1cccc(-c2csc3nc(NC(=O)CCc4nc5ccccc5[nH]c4=O)nn23)c1. The van der Waals surface area contributed by atoms with E-state index in [2.05, 4.69) is 25.4 Å². The van der Waals surface area contributed by atoms with Crippen LogP contribution in [-0.4, -0.2) is 37.6 Å². The van der Waals surface area contributed by atoms with E-state index in [1.54, 1.807) is 17.7 Å². The number of para-hydroxylation sites is 2. The van der Waals surface area contributed by atoms with Crippen LogP contribution < -0.4 is 15.6 Å². The molecule has 1 amide bonds. The van der Waals surface area contributed by atoms with Crippen LogP contribution in [0.1, 0.15) is 12.1 Å². The number of ether oxygens (including phenoxy) is 1. The molecule has 5 rings (SSSR count). The molecule has 2 N–H and O–H groups in total. The quantitative estimate of drug-likeness (QED) is 0.414. The lowest BCUT2D eigenvalue weighted by Gasteiger charge is -2.03. The number of H-pyrrole nitrogens is 1. The Kier molecular flexibility index (Phi) is 5.12. The van der Waals surface area contributed by atoms with Crippen LogP contribution in [0.2, 0.25) is 0 Å². The first kappa shape index (κ1) is 19.9. The summed E-state index contributed by atoms with van der Waals surface area (Å²) in [6.45, 7) is 0. The highest BCUT2D eigenvalue weighted by Crippen LogP contribution is 2.28. The molecule has 9 nitrogen and oxygen atoms in total. The summed E-state index contributed by atoms with van der Waals surface area (Å²) < 4.78 is 6.97. The Balaban J connectivity index is 1.30. The van der Waals surface area contributed by atoms with E-state index in [0.29, 0.717) is 21.7 Å². The Morgan fingerprint density at radius 1 is 1.19 bits per heavy atom. The summed E-state index contributed by atoms with van der Waals surface area (Å²) in [5.41, 5.74) is 3.16. The van der Waals surface area contributed by atoms with Gasteiger partial charge in [0.2, 0.25) is 16.8 Å². The van der Waals surface area contributed by atoms with Crippen molar-refractivity contribution in [2.75, 3.05) is 12.4 Å². The van der Waals surface area contributed by atoms with E-state index in [1.807, 2.05) is 47.8 Å². The van der Waals surface area contributed by atoms with Crippen molar-refractivity contribution in [3.63, 3.8) is 0 Å². The lowest BCUT2D eigenvalue weighted by atomic mass is 10.2. The van der Waals surface area contributed by atoms with Crippen molar-refractivity contribution in [2.24, 2.45) is 0 Å². The first-order chi connectivity index (χ1) is 15.6. The lowest BCUT2D eigenvalue weighted by molar-refractivity contribution is -0.116. The maximum Gasteiger partial charge on any atom is 0.270 e. The highest BCUT2D eigenvalue weighted by molar-refractivity contribution is 7.15. The first-order valence-electron chi connectivity index (χ1n) is 9.87. The standard InChI is InChI=1S/C22H18N6O3S/c1-31-14-6-4-5-13(11-14)18-12-32-22-26-21(27-28(18)22)25-19(29)10-9-17-20(30)24-16-8-3-2-7-15(16)23-17/h2-8,11-12H,9-10H2,1H3,(H,24,30)(H,25,27,29). The topological polar surface area (TPSA) is 114 Å². The van der Waals surface area contributed by atoms with Gasteiger partial charge >= 0.3 is 0 Å². The largest absolute Gasteiger partial charge is 0.497 e. The average Bonchev–Trinajstić information content (AvgIpc) is 3.38. The van der Waals surface area contributed by atoms with Gasteiger partial charge in [0.15, 0.2) is 0 Å². The number of carbonyl (C=O) groups excluding carboxylic acids is 1. The highest BCUT2D eigenvalue weighted by atomic mass is 32.1. The van der Waals surface area contributed by atoms with Gasteiger partial charge in [-0.3, -0.25) is 14.9 Å². The number of amides is 1. The Morgan fingerprint density at radius 3 is 2.94 bits per heavy atom. The number of benzene rings is 2. The first-order valence-corrected chi connectivity index (χ1v) is 10.7. The van der Waals surface area contributed by atoms with E-state index in [-0.39, 0.29) is 30.3 Å². The highest BCUT2D eigenvalue weighted by Gasteiger charge is 2.15. The van der Waals surface area contributed by atoms with Gasteiger partial charge in [0, 0.05) is 23.8 Å². The molecule has 160 valence electrons. The molecule has 0 saturated carbocycles. The molecule has 0 saturated heterocycles. The van der Waals surface area contributed by atoms with Crippen LogP contribution in [0.5, 0.6) is 5.75 Å². The fraction of sp³-hybridized carbons (Fsp3) is 0.136. The van der Waals surface area contributed by atoms with E-state index >= 15 is 0 Å². The van der Waals surface area contributed by atoms with E-state index in [4.69, 9.17) is 4.74 Å². The van der Waals surface area contributed by atoms with Crippen molar-refractivity contribution in [3.8, 4) is 17.0 Å². The molecular formula is C22H18N6O3S. The van der Waals surface area contributed by atoms with E-state index in [0.717, 1.165) is 17.0 Å². The van der Waals surface area contributed by atoms with Crippen LogP contribution in [0.4, 0.5) is 5.95 Å². The number of nitrogens with zero attached hydrogens (tertiary/aromatic N) is 4. The van der Waals surface area contributed by atoms with E-state index in [9.17, 15) is 9.59 Å². The number of fused-ring (bicyclic) bond motifs is 2. The number of hydrogen-bond acceptors (Lipinski definition) is 7. The molecule has 0 aliphatic rings. The van der Waals surface area contributed by atoms with Crippen LogP contribution in [0.3, 0.4) is 0 Å². The summed E-state index contributed by atoms with van der Waals surface area (Å²) in [7, 11) is 1.62. The summed E-state index contributed by atoms with van der Waals surface area (Å²) in [6, 6.07) is 14.9. The number of nitrogens with one attached hydrogen (secondary N) is 2. The number of thiazole rings is 1. The molecule has 5 aromatic rings. The maximum absolute atomic E-state index is 12.4. The van der Waals surface area contributed by atoms with Crippen LogP contribution in [0, 0.1) is 0 Å². The van der Waals surface area contributed by atoms with Crippen LogP contribution in [-0.2, 0) is 11.2 Å². The number of hydrogen-bond donors (Lipinski definition) is 2. The van der Waals surface area contributed by atoms with Crippen molar-refractivity contribution in [2.45, 2.75) is 12.8 Å². The molecule has 10 heteroatoms. The van der Waals surface area contributed by atoms with Gasteiger partial charge in [0.25, 0.3) is 5.56 Å². The second-order valence-electron chi connectivity index (χ2n) is 7.06. The van der Waals surface area contributed by atoms with Crippen LogP contribution in [0.15, 0.2) is 58.7 Å². The normalized spacial score (nSPS) is 11.2. The zero-order valence-corrected chi connectivity index (χ0v) is 17.8. The van der Waals surface area contributed by atoms with E-state index in [1.165, 1.54) is 11.3 Å². The molecule has 3 aromatic heterocycles. The fourth-order valence-electron chi connectivity index (χ4n) is 3.37. The van der Waals surface area contributed by atoms with Crippen molar-refractivity contribution >= 4 is 39.2 Å². The molecule has 2 aromatic carbocycles. The number of carbonyl (C=O) groups is 1. The van der Waals surface area contributed by atoms with Crippen LogP contribution in [0.25, 0.3) is 27.3 Å². The predicted octanol–water partition coefficient (Wildman–Crippen LogP) is 3.27. The molecule has 0 atom stereocenters. The van der Waals surface area contributed by atoms with Crippen LogP contribution >= 0.6 is 11.3 Å². The Morgan fingerprint density at radius 2 is 2.06 bits per heavy atom. The van der Waals surface area contributed by atoms with Gasteiger partial charge < -0.3 is 9.72 Å². The Labute approximate surface area is 185 Å². The number of anilines is 1. The molecule has 0 bridgehead atoms. The molecule has 0 aliphatic heterocycles. The number of rotatable bonds is 6. The maximum atomic E-state index is 12.4. The second-order valence-corrected chi connectivity index (χ2v) is 7.90. The number of aryl methyl sites for hydroxylation is 1. The summed E-state index contributed by atoms with van der Waals surface area (Å²) in [4.78, 5) is 36.9. The minimum Gasteiger partial charge on any atom is -0.497 e.